The lowest BCUT2D eigenvalue weighted by atomic mass is 10.2. The van der Waals surface area contributed by atoms with Gasteiger partial charge >= 0.3 is 5.97 Å². The Labute approximate surface area is 115 Å². The van der Waals surface area contributed by atoms with Crippen molar-refractivity contribution < 1.29 is 14.3 Å². The van der Waals surface area contributed by atoms with Gasteiger partial charge in [-0.05, 0) is 40.2 Å². The molecular weight excluding hydrogens is 321 g/mol. The first-order chi connectivity index (χ1) is 8.59. The largest absolute Gasteiger partial charge is 0.478 e. The van der Waals surface area contributed by atoms with E-state index in [9.17, 15) is 9.18 Å². The van der Waals surface area contributed by atoms with Gasteiger partial charge in [-0.25, -0.2) is 14.2 Å². The zero-order valence-electron chi connectivity index (χ0n) is 8.93. The van der Waals surface area contributed by atoms with Crippen molar-refractivity contribution in [2.45, 2.75) is 9.92 Å². The number of carbonyl (C=O) groups is 1. The molecule has 0 spiro atoms. The molecule has 1 heterocycles. The van der Waals surface area contributed by atoms with E-state index in [0.717, 1.165) is 11.8 Å². The second kappa shape index (κ2) is 5.49. The zero-order chi connectivity index (χ0) is 13.1. The van der Waals surface area contributed by atoms with Crippen LogP contribution in [0.5, 0.6) is 0 Å². The number of hydrogen-bond acceptors (Lipinski definition) is 3. The van der Waals surface area contributed by atoms with Gasteiger partial charge in [0.15, 0.2) is 0 Å². The van der Waals surface area contributed by atoms with Gasteiger partial charge in [0.2, 0.25) is 0 Å². The number of aromatic carboxylic acids is 1. The summed E-state index contributed by atoms with van der Waals surface area (Å²) >= 11 is 4.27. The van der Waals surface area contributed by atoms with E-state index in [0.29, 0.717) is 9.50 Å². The minimum atomic E-state index is -1.16. The normalized spacial score (nSPS) is 10.3. The number of aromatic nitrogens is 1. The monoisotopic (exact) mass is 327 g/mol. The summed E-state index contributed by atoms with van der Waals surface area (Å²) in [4.78, 5) is 15.2. The Bertz CT molecular complexity index is 606. The van der Waals surface area contributed by atoms with Gasteiger partial charge in [-0.15, -0.1) is 0 Å². The van der Waals surface area contributed by atoms with Crippen LogP contribution in [0.15, 0.2) is 50.9 Å². The Kier molecular flexibility index (Phi) is 3.98. The van der Waals surface area contributed by atoms with E-state index < -0.39 is 11.8 Å². The number of nitrogens with zero attached hydrogens (tertiary/aromatic N) is 1. The van der Waals surface area contributed by atoms with Crippen molar-refractivity contribution in [1.29, 1.82) is 0 Å². The Hall–Kier alpha value is -1.40. The van der Waals surface area contributed by atoms with Crippen molar-refractivity contribution in [3.05, 3.63) is 52.4 Å². The third-order valence-corrected chi connectivity index (χ3v) is 4.16. The van der Waals surface area contributed by atoms with E-state index in [1.54, 1.807) is 18.3 Å². The molecular formula is C12H7BrFNO2S. The van der Waals surface area contributed by atoms with Gasteiger partial charge in [-0.2, -0.15) is 0 Å². The highest BCUT2D eigenvalue weighted by atomic mass is 79.9. The molecule has 1 aromatic carbocycles. The summed E-state index contributed by atoms with van der Waals surface area (Å²) in [6.07, 6.45) is 1.56. The van der Waals surface area contributed by atoms with Crippen molar-refractivity contribution in [1.82, 2.24) is 4.98 Å². The summed E-state index contributed by atoms with van der Waals surface area (Å²) in [6.45, 7) is 0. The molecule has 0 aliphatic rings. The van der Waals surface area contributed by atoms with Crippen molar-refractivity contribution in [2.75, 3.05) is 0 Å². The molecule has 0 amide bonds. The Balaban J connectivity index is 2.46. The van der Waals surface area contributed by atoms with Crippen LogP contribution >= 0.6 is 27.7 Å². The van der Waals surface area contributed by atoms with Crippen molar-refractivity contribution in [3.8, 4) is 0 Å². The first kappa shape index (κ1) is 13.0. The third kappa shape index (κ3) is 2.70. The van der Waals surface area contributed by atoms with Crippen LogP contribution in [0.3, 0.4) is 0 Å². The highest BCUT2D eigenvalue weighted by Crippen LogP contribution is 2.35. The summed E-state index contributed by atoms with van der Waals surface area (Å²) in [6, 6.07) is 7.46. The molecule has 0 unspecified atom stereocenters. The zero-order valence-corrected chi connectivity index (χ0v) is 11.3. The number of benzene rings is 1. The van der Waals surface area contributed by atoms with Gasteiger partial charge in [-0.1, -0.05) is 17.8 Å². The lowest BCUT2D eigenvalue weighted by Crippen LogP contribution is -2.00. The average molecular weight is 328 g/mol. The molecule has 0 saturated heterocycles. The van der Waals surface area contributed by atoms with Gasteiger partial charge in [0.25, 0.3) is 0 Å². The number of rotatable bonds is 3. The summed E-state index contributed by atoms with van der Waals surface area (Å²) in [7, 11) is 0. The SMILES string of the molecule is O=C(O)c1cccc(F)c1Sc1ncccc1Br. The van der Waals surface area contributed by atoms with Gasteiger partial charge in [-0.3, -0.25) is 0 Å². The van der Waals surface area contributed by atoms with Crippen LogP contribution in [0.1, 0.15) is 10.4 Å². The molecule has 92 valence electrons. The summed E-state index contributed by atoms with van der Waals surface area (Å²) < 4.78 is 14.4. The maximum atomic E-state index is 13.7. The fourth-order valence-electron chi connectivity index (χ4n) is 1.32. The van der Waals surface area contributed by atoms with E-state index in [1.807, 2.05) is 0 Å². The van der Waals surface area contributed by atoms with Crippen LogP contribution in [0.4, 0.5) is 4.39 Å². The van der Waals surface area contributed by atoms with Crippen LogP contribution in [-0.4, -0.2) is 16.1 Å². The molecule has 1 N–H and O–H groups in total. The Morgan fingerprint density at radius 3 is 2.78 bits per heavy atom. The quantitative estimate of drug-likeness (QED) is 0.930. The number of carboxylic acid groups (broad SMARTS) is 1. The molecule has 0 aliphatic carbocycles. The lowest BCUT2D eigenvalue weighted by molar-refractivity contribution is 0.0692. The fraction of sp³-hybridized carbons (Fsp3) is 0. The molecule has 2 aromatic rings. The highest BCUT2D eigenvalue weighted by molar-refractivity contribution is 9.10. The van der Waals surface area contributed by atoms with Crippen LogP contribution in [0.2, 0.25) is 0 Å². The number of halogens is 2. The van der Waals surface area contributed by atoms with Crippen LogP contribution in [-0.2, 0) is 0 Å². The smallest absolute Gasteiger partial charge is 0.336 e. The maximum absolute atomic E-state index is 13.7. The van der Waals surface area contributed by atoms with Crippen LogP contribution in [0, 0.1) is 5.82 Å². The van der Waals surface area contributed by atoms with E-state index >= 15 is 0 Å². The minimum absolute atomic E-state index is 0.0596. The standard InChI is InChI=1S/C12H7BrFNO2S/c13-8-4-2-6-15-11(8)18-10-7(12(16)17)3-1-5-9(10)14/h1-6H,(H,16,17). The van der Waals surface area contributed by atoms with Gasteiger partial charge in [0, 0.05) is 6.20 Å². The molecule has 0 atom stereocenters. The lowest BCUT2D eigenvalue weighted by Gasteiger charge is -2.07. The number of carboxylic acids is 1. The predicted octanol–water partition coefficient (Wildman–Crippen LogP) is 3.83. The van der Waals surface area contributed by atoms with Crippen molar-refractivity contribution >= 4 is 33.7 Å². The maximum Gasteiger partial charge on any atom is 0.336 e. The number of pyridine rings is 1. The molecule has 18 heavy (non-hydrogen) atoms. The number of hydrogen-bond donors (Lipinski definition) is 1. The van der Waals surface area contributed by atoms with Gasteiger partial charge < -0.3 is 5.11 Å². The van der Waals surface area contributed by atoms with Gasteiger partial charge in [0.1, 0.15) is 10.8 Å². The highest BCUT2D eigenvalue weighted by Gasteiger charge is 2.16. The molecule has 1 aromatic heterocycles. The van der Waals surface area contributed by atoms with E-state index in [1.165, 1.54) is 18.2 Å². The molecule has 3 nitrogen and oxygen atoms in total. The van der Waals surface area contributed by atoms with E-state index in [2.05, 4.69) is 20.9 Å². The first-order valence-electron chi connectivity index (χ1n) is 4.90. The summed E-state index contributed by atoms with van der Waals surface area (Å²) in [5, 5.41) is 9.54. The second-order valence-corrected chi connectivity index (χ2v) is 5.17. The molecule has 0 saturated carbocycles. The molecule has 0 bridgehead atoms. The molecule has 6 heteroatoms. The van der Waals surface area contributed by atoms with Crippen molar-refractivity contribution in [3.63, 3.8) is 0 Å². The fourth-order valence-corrected chi connectivity index (χ4v) is 2.73. The van der Waals surface area contributed by atoms with E-state index in [4.69, 9.17) is 5.11 Å². The first-order valence-corrected chi connectivity index (χ1v) is 6.50. The van der Waals surface area contributed by atoms with Crippen LogP contribution in [0.25, 0.3) is 0 Å². The second-order valence-electron chi connectivity index (χ2n) is 3.31. The minimum Gasteiger partial charge on any atom is -0.478 e. The Morgan fingerprint density at radius 2 is 2.11 bits per heavy atom. The topological polar surface area (TPSA) is 50.2 Å². The predicted molar refractivity (Wildman–Crippen MR) is 69.4 cm³/mol. The van der Waals surface area contributed by atoms with E-state index in [-0.39, 0.29) is 10.5 Å². The molecule has 0 fully saturated rings. The average Bonchev–Trinajstić information content (AvgIpc) is 2.34. The molecule has 0 aliphatic heterocycles. The third-order valence-electron chi connectivity index (χ3n) is 2.12. The summed E-state index contributed by atoms with van der Waals surface area (Å²) in [5.41, 5.74) is -0.0717. The van der Waals surface area contributed by atoms with Crippen molar-refractivity contribution in [2.24, 2.45) is 0 Å². The molecule has 0 radical (unpaired) electrons. The Morgan fingerprint density at radius 1 is 1.33 bits per heavy atom. The van der Waals surface area contributed by atoms with Gasteiger partial charge in [0.05, 0.1) is 14.9 Å². The molecule has 2 rings (SSSR count). The van der Waals surface area contributed by atoms with Crippen LogP contribution < -0.4 is 0 Å². The summed E-state index contributed by atoms with van der Waals surface area (Å²) in [5.74, 6) is -1.73.